The van der Waals surface area contributed by atoms with E-state index in [4.69, 9.17) is 28.3 Å². The van der Waals surface area contributed by atoms with Crippen LogP contribution in [-0.2, 0) is 26.1 Å². The lowest BCUT2D eigenvalue weighted by molar-refractivity contribution is -0.140. The molecule has 1 rings (SSSR count). The molecule has 0 heterocycles. The van der Waals surface area contributed by atoms with Gasteiger partial charge in [-0.3, -0.25) is 9.00 Å². The maximum Gasteiger partial charge on any atom is 0.327 e. The second-order valence-electron chi connectivity index (χ2n) is 4.06. The molecule has 1 amide bonds. The molecule has 2 unspecified atom stereocenters. The molecule has 0 bridgehead atoms. The molecule has 0 saturated heterocycles. The SMILES string of the molecule is CC(=O)NC(CS(=O)Cc1cccc(Cl)c1Cl)C(=O)O. The van der Waals surface area contributed by atoms with Crippen LogP contribution in [0.1, 0.15) is 12.5 Å². The van der Waals surface area contributed by atoms with Crippen LogP contribution in [0.5, 0.6) is 0 Å². The Morgan fingerprint density at radius 2 is 2.05 bits per heavy atom. The van der Waals surface area contributed by atoms with Gasteiger partial charge in [-0.25, -0.2) is 4.79 Å². The lowest BCUT2D eigenvalue weighted by atomic mass is 10.2. The number of benzene rings is 1. The van der Waals surface area contributed by atoms with Gasteiger partial charge in [-0.2, -0.15) is 0 Å². The molecular formula is C12H13Cl2NO4S. The first-order chi connectivity index (χ1) is 9.31. The average molecular weight is 338 g/mol. The molecule has 0 saturated carbocycles. The van der Waals surface area contributed by atoms with Crippen LogP contribution in [-0.4, -0.2) is 33.0 Å². The van der Waals surface area contributed by atoms with Crippen LogP contribution in [0.2, 0.25) is 10.0 Å². The third-order valence-corrected chi connectivity index (χ3v) is 4.57. The Balaban J connectivity index is 2.73. The zero-order valence-electron chi connectivity index (χ0n) is 10.6. The highest BCUT2D eigenvalue weighted by molar-refractivity contribution is 7.84. The molecule has 110 valence electrons. The summed E-state index contributed by atoms with van der Waals surface area (Å²) in [6.07, 6.45) is 0. The molecular weight excluding hydrogens is 325 g/mol. The van der Waals surface area contributed by atoms with Gasteiger partial charge in [0.1, 0.15) is 6.04 Å². The second kappa shape index (κ2) is 7.61. The second-order valence-corrected chi connectivity index (χ2v) is 6.34. The fraction of sp³-hybridized carbons (Fsp3) is 0.333. The molecule has 20 heavy (non-hydrogen) atoms. The zero-order valence-corrected chi connectivity index (χ0v) is 12.9. The Morgan fingerprint density at radius 3 is 2.60 bits per heavy atom. The molecule has 0 fully saturated rings. The number of nitrogens with one attached hydrogen (secondary N) is 1. The number of amides is 1. The van der Waals surface area contributed by atoms with Gasteiger partial charge in [0.25, 0.3) is 0 Å². The molecule has 5 nitrogen and oxygen atoms in total. The number of carboxylic acid groups (broad SMARTS) is 1. The number of hydrogen-bond acceptors (Lipinski definition) is 3. The van der Waals surface area contributed by atoms with E-state index in [-0.39, 0.29) is 11.5 Å². The first kappa shape index (κ1) is 16.9. The van der Waals surface area contributed by atoms with E-state index >= 15 is 0 Å². The summed E-state index contributed by atoms with van der Waals surface area (Å²) in [5.41, 5.74) is 0.574. The number of halogens is 2. The molecule has 0 aromatic heterocycles. The molecule has 8 heteroatoms. The van der Waals surface area contributed by atoms with Crippen LogP contribution >= 0.6 is 23.2 Å². The Labute approximate surface area is 128 Å². The first-order valence-electron chi connectivity index (χ1n) is 5.59. The topological polar surface area (TPSA) is 83.5 Å². The summed E-state index contributed by atoms with van der Waals surface area (Å²) in [6.45, 7) is 1.20. The normalized spacial score (nSPS) is 13.6. The van der Waals surface area contributed by atoms with Gasteiger partial charge < -0.3 is 10.4 Å². The standard InChI is InChI=1S/C12H13Cl2NO4S/c1-7(16)15-10(12(17)18)6-20(19)5-8-3-2-4-9(13)11(8)14/h2-4,10H,5-6H2,1H3,(H,15,16)(H,17,18). The van der Waals surface area contributed by atoms with Crippen molar-refractivity contribution in [3.8, 4) is 0 Å². The molecule has 1 aromatic carbocycles. The number of rotatable bonds is 6. The molecule has 0 radical (unpaired) electrons. The maximum atomic E-state index is 12.0. The minimum atomic E-state index is -1.50. The van der Waals surface area contributed by atoms with Gasteiger partial charge in [0.2, 0.25) is 5.91 Å². The number of aliphatic carboxylic acids is 1. The Kier molecular flexibility index (Phi) is 6.45. The molecule has 2 N–H and O–H groups in total. The predicted octanol–water partition coefficient (Wildman–Crippen LogP) is 1.83. The fourth-order valence-corrected chi connectivity index (χ4v) is 3.27. The van der Waals surface area contributed by atoms with Gasteiger partial charge >= 0.3 is 5.97 Å². The Morgan fingerprint density at radius 1 is 1.40 bits per heavy atom. The highest BCUT2D eigenvalue weighted by Crippen LogP contribution is 2.26. The van der Waals surface area contributed by atoms with E-state index < -0.39 is 28.7 Å². The zero-order chi connectivity index (χ0) is 15.3. The summed E-state index contributed by atoms with van der Waals surface area (Å²) >= 11 is 11.8. The van der Waals surface area contributed by atoms with E-state index in [0.29, 0.717) is 15.6 Å². The number of carbonyl (C=O) groups is 2. The Bertz CT molecular complexity index is 550. The van der Waals surface area contributed by atoms with Gasteiger partial charge in [-0.15, -0.1) is 0 Å². The third-order valence-electron chi connectivity index (χ3n) is 2.38. The van der Waals surface area contributed by atoms with Crippen molar-refractivity contribution >= 4 is 45.9 Å². The third kappa shape index (κ3) is 5.11. The lowest BCUT2D eigenvalue weighted by Gasteiger charge is -2.13. The van der Waals surface area contributed by atoms with Crippen LogP contribution in [0.25, 0.3) is 0 Å². The summed E-state index contributed by atoms with van der Waals surface area (Å²) in [6, 6.07) is 3.75. The van der Waals surface area contributed by atoms with E-state index in [1.54, 1.807) is 18.2 Å². The van der Waals surface area contributed by atoms with Crippen molar-refractivity contribution in [3.05, 3.63) is 33.8 Å². The van der Waals surface area contributed by atoms with Crippen molar-refractivity contribution in [2.24, 2.45) is 0 Å². The quantitative estimate of drug-likeness (QED) is 0.829. The molecule has 0 aliphatic heterocycles. The number of hydrogen-bond donors (Lipinski definition) is 2. The first-order valence-corrected chi connectivity index (χ1v) is 7.83. The van der Waals surface area contributed by atoms with Crippen LogP contribution in [0.4, 0.5) is 0 Å². The van der Waals surface area contributed by atoms with Crippen molar-refractivity contribution < 1.29 is 18.9 Å². The van der Waals surface area contributed by atoms with Crippen molar-refractivity contribution in [1.82, 2.24) is 5.32 Å². The minimum absolute atomic E-state index is 0.0722. The molecule has 0 spiro atoms. The van der Waals surface area contributed by atoms with Gasteiger partial charge in [-0.05, 0) is 11.6 Å². The summed E-state index contributed by atoms with van der Waals surface area (Å²) in [5, 5.41) is 11.8. The van der Waals surface area contributed by atoms with Crippen molar-refractivity contribution in [1.29, 1.82) is 0 Å². The molecule has 2 atom stereocenters. The van der Waals surface area contributed by atoms with E-state index in [1.807, 2.05) is 0 Å². The van der Waals surface area contributed by atoms with Crippen LogP contribution in [0, 0.1) is 0 Å². The van der Waals surface area contributed by atoms with Crippen LogP contribution in [0.15, 0.2) is 18.2 Å². The van der Waals surface area contributed by atoms with E-state index in [0.717, 1.165) is 0 Å². The summed E-state index contributed by atoms with van der Waals surface area (Å²) in [7, 11) is -1.50. The lowest BCUT2D eigenvalue weighted by Crippen LogP contribution is -2.43. The highest BCUT2D eigenvalue weighted by Gasteiger charge is 2.21. The summed E-state index contributed by atoms with van der Waals surface area (Å²) < 4.78 is 12.0. The van der Waals surface area contributed by atoms with Gasteiger partial charge in [0, 0.05) is 17.7 Å². The van der Waals surface area contributed by atoms with Gasteiger partial charge in [0.05, 0.1) is 21.6 Å². The van der Waals surface area contributed by atoms with Crippen LogP contribution < -0.4 is 5.32 Å². The van der Waals surface area contributed by atoms with Crippen molar-refractivity contribution in [3.63, 3.8) is 0 Å². The monoisotopic (exact) mass is 337 g/mol. The summed E-state index contributed by atoms with van der Waals surface area (Å²) in [5.74, 6) is -1.85. The molecule has 0 aliphatic carbocycles. The number of carboxylic acids is 1. The van der Waals surface area contributed by atoms with Crippen LogP contribution in [0.3, 0.4) is 0 Å². The van der Waals surface area contributed by atoms with Gasteiger partial charge in [-0.1, -0.05) is 35.3 Å². The smallest absolute Gasteiger partial charge is 0.327 e. The highest BCUT2D eigenvalue weighted by atomic mass is 35.5. The summed E-state index contributed by atoms with van der Waals surface area (Å²) in [4.78, 5) is 21.8. The van der Waals surface area contributed by atoms with Gasteiger partial charge in [0.15, 0.2) is 0 Å². The largest absolute Gasteiger partial charge is 0.480 e. The Hall–Kier alpha value is -1.11. The van der Waals surface area contributed by atoms with Crippen molar-refractivity contribution in [2.45, 2.75) is 18.7 Å². The van der Waals surface area contributed by atoms with Crippen molar-refractivity contribution in [2.75, 3.05) is 5.75 Å². The average Bonchev–Trinajstić information content (AvgIpc) is 2.33. The fourth-order valence-electron chi connectivity index (χ4n) is 1.50. The number of carbonyl (C=O) groups excluding carboxylic acids is 1. The molecule has 1 aromatic rings. The predicted molar refractivity (Wildman–Crippen MR) is 78.4 cm³/mol. The minimum Gasteiger partial charge on any atom is -0.480 e. The van der Waals surface area contributed by atoms with E-state index in [9.17, 15) is 13.8 Å². The van der Waals surface area contributed by atoms with E-state index in [1.165, 1.54) is 6.92 Å². The maximum absolute atomic E-state index is 12.0. The van der Waals surface area contributed by atoms with E-state index in [2.05, 4.69) is 5.32 Å². The molecule has 0 aliphatic rings.